The molecular weight excluding hydrogens is 491 g/mol. The smallest absolute Gasteiger partial charge is 0.425 e. The first-order chi connectivity index (χ1) is 15.0. The van der Waals surface area contributed by atoms with Crippen molar-refractivity contribution in [3.8, 4) is 5.75 Å². The lowest BCUT2D eigenvalue weighted by Gasteiger charge is -2.27. The van der Waals surface area contributed by atoms with Crippen molar-refractivity contribution < 1.29 is 45.4 Å². The van der Waals surface area contributed by atoms with Crippen molar-refractivity contribution in [2.45, 2.75) is 68.2 Å². The van der Waals surface area contributed by atoms with Crippen LogP contribution in [0, 0.1) is 0 Å². The Morgan fingerprint density at radius 1 is 1.21 bits per heavy atom. The second-order valence-electron chi connectivity index (χ2n) is 8.47. The lowest BCUT2D eigenvalue weighted by Crippen LogP contribution is -2.44. The van der Waals surface area contributed by atoms with E-state index in [2.05, 4.69) is 0 Å². The van der Waals surface area contributed by atoms with Crippen molar-refractivity contribution in [3.63, 3.8) is 0 Å². The molecule has 0 aliphatic carbocycles. The summed E-state index contributed by atoms with van der Waals surface area (Å²) in [7, 11) is -3.09. The van der Waals surface area contributed by atoms with Crippen LogP contribution in [-0.4, -0.2) is 68.2 Å². The number of esters is 1. The molecule has 33 heavy (non-hydrogen) atoms. The van der Waals surface area contributed by atoms with Gasteiger partial charge in [-0.05, 0) is 46.2 Å². The first-order valence-corrected chi connectivity index (χ1v) is 11.7. The largest absolute Gasteiger partial charge is 0.481 e. The Morgan fingerprint density at radius 2 is 1.82 bits per heavy atom. The Hall–Kier alpha value is -2.21. The fourth-order valence-corrected chi connectivity index (χ4v) is 5.37. The average molecular weight is 516 g/mol. The summed E-state index contributed by atoms with van der Waals surface area (Å²) in [6, 6.07) is 1.85. The summed E-state index contributed by atoms with van der Waals surface area (Å²) in [6.45, 7) is 5.29. The van der Waals surface area contributed by atoms with Gasteiger partial charge in [-0.2, -0.15) is 13.2 Å². The quantitative estimate of drug-likeness (QED) is 0.547. The van der Waals surface area contributed by atoms with Crippen molar-refractivity contribution in [2.75, 3.05) is 13.7 Å². The summed E-state index contributed by atoms with van der Waals surface area (Å²) in [6.07, 6.45) is -7.90. The molecule has 0 unspecified atom stereocenters. The molecule has 1 heterocycles. The van der Waals surface area contributed by atoms with Gasteiger partial charge >= 0.3 is 18.2 Å². The van der Waals surface area contributed by atoms with Crippen molar-refractivity contribution in [1.82, 2.24) is 4.90 Å². The van der Waals surface area contributed by atoms with Gasteiger partial charge in [-0.3, -0.25) is 4.90 Å². The Labute approximate surface area is 194 Å². The van der Waals surface area contributed by atoms with Gasteiger partial charge in [0, 0.05) is 12.6 Å². The molecule has 1 aromatic rings. The third-order valence-corrected chi connectivity index (χ3v) is 7.40. The minimum atomic E-state index is -4.62. The molecule has 0 bridgehead atoms. The first kappa shape index (κ1) is 27.0. The van der Waals surface area contributed by atoms with E-state index in [4.69, 9.17) is 25.8 Å². The summed E-state index contributed by atoms with van der Waals surface area (Å²) < 4.78 is 79.3. The topological polar surface area (TPSA) is 99.2 Å². The zero-order valence-electron chi connectivity index (χ0n) is 18.6. The number of hydrogen-bond donors (Lipinski definition) is 0. The fraction of sp³-hybridized carbons (Fsp3) is 0.600. The molecule has 0 aromatic heterocycles. The maximum Gasteiger partial charge on any atom is 0.425 e. The van der Waals surface area contributed by atoms with Crippen LogP contribution in [0.3, 0.4) is 0 Å². The van der Waals surface area contributed by atoms with Crippen molar-refractivity contribution in [1.29, 1.82) is 0 Å². The highest BCUT2D eigenvalue weighted by Crippen LogP contribution is 2.35. The van der Waals surface area contributed by atoms with Gasteiger partial charge in [0.15, 0.2) is 15.9 Å². The van der Waals surface area contributed by atoms with Gasteiger partial charge in [0.25, 0.3) is 0 Å². The van der Waals surface area contributed by atoms with Gasteiger partial charge in [-0.25, -0.2) is 18.0 Å². The van der Waals surface area contributed by atoms with E-state index in [0.29, 0.717) is 0 Å². The number of nitrogens with zero attached hydrogens (tertiary/aromatic N) is 1. The highest BCUT2D eigenvalue weighted by molar-refractivity contribution is 7.92. The van der Waals surface area contributed by atoms with Gasteiger partial charge in [-0.15, -0.1) is 0 Å². The number of likely N-dealkylation sites (tertiary alicyclic amines) is 1. The van der Waals surface area contributed by atoms with Gasteiger partial charge < -0.3 is 14.2 Å². The molecule has 2 rings (SSSR count). The number of sulfone groups is 1. The number of hydrogen-bond acceptors (Lipinski definition) is 7. The van der Waals surface area contributed by atoms with E-state index < -0.39 is 51.1 Å². The summed E-state index contributed by atoms with van der Waals surface area (Å²) in [5.74, 6) is -1.08. The molecule has 3 atom stereocenters. The van der Waals surface area contributed by atoms with E-state index in [1.807, 2.05) is 0 Å². The number of rotatable bonds is 5. The second-order valence-corrected chi connectivity index (χ2v) is 11.1. The molecule has 1 aliphatic heterocycles. The zero-order chi connectivity index (χ0) is 25.4. The molecule has 13 heteroatoms. The van der Waals surface area contributed by atoms with Crippen LogP contribution in [-0.2, 0) is 24.1 Å². The molecule has 0 spiro atoms. The Morgan fingerprint density at radius 3 is 2.30 bits per heavy atom. The number of alkyl halides is 3. The van der Waals surface area contributed by atoms with Crippen LogP contribution < -0.4 is 4.74 Å². The first-order valence-electron chi connectivity index (χ1n) is 9.81. The van der Waals surface area contributed by atoms with E-state index in [0.717, 1.165) is 37.1 Å². The van der Waals surface area contributed by atoms with Crippen LogP contribution in [0.2, 0.25) is 5.02 Å². The third-order valence-electron chi connectivity index (χ3n) is 4.79. The van der Waals surface area contributed by atoms with Crippen LogP contribution in [0.4, 0.5) is 18.0 Å². The van der Waals surface area contributed by atoms with Crippen molar-refractivity contribution >= 4 is 33.5 Å². The number of carbonyl (C=O) groups is 2. The zero-order valence-corrected chi connectivity index (χ0v) is 20.2. The van der Waals surface area contributed by atoms with E-state index in [1.54, 1.807) is 20.8 Å². The van der Waals surface area contributed by atoms with Crippen LogP contribution in [0.1, 0.15) is 34.1 Å². The van der Waals surface area contributed by atoms with Crippen LogP contribution in [0.25, 0.3) is 0 Å². The molecule has 8 nitrogen and oxygen atoms in total. The Kier molecular flexibility index (Phi) is 7.84. The molecule has 1 aliphatic rings. The number of carbonyl (C=O) groups excluding carboxylic acids is 2. The average Bonchev–Trinajstić information content (AvgIpc) is 3.11. The fourth-order valence-electron chi connectivity index (χ4n) is 3.14. The molecule has 1 aromatic carbocycles. The SMILES string of the molecule is COC(=O)[C@@H]1C[C@@H](S(=O)(=O)c2ccc(O[C@@H](C)C(F)(F)F)cc2Cl)CN1C(=O)OC(C)(C)C. The van der Waals surface area contributed by atoms with E-state index in [9.17, 15) is 31.2 Å². The van der Waals surface area contributed by atoms with Gasteiger partial charge in [-0.1, -0.05) is 11.6 Å². The minimum Gasteiger partial charge on any atom is -0.481 e. The summed E-state index contributed by atoms with van der Waals surface area (Å²) in [5.41, 5.74) is -0.887. The van der Waals surface area contributed by atoms with E-state index in [1.165, 1.54) is 0 Å². The predicted molar refractivity (Wildman–Crippen MR) is 112 cm³/mol. The molecule has 1 amide bonds. The Bertz CT molecular complexity index is 1010. The predicted octanol–water partition coefficient (Wildman–Crippen LogP) is 3.99. The molecule has 0 saturated carbocycles. The molecule has 0 radical (unpaired) electrons. The van der Waals surface area contributed by atoms with Gasteiger partial charge in [0.05, 0.1) is 22.3 Å². The van der Waals surface area contributed by atoms with Gasteiger partial charge in [0.1, 0.15) is 17.4 Å². The van der Waals surface area contributed by atoms with Crippen molar-refractivity contribution in [3.05, 3.63) is 23.2 Å². The number of halogens is 4. The number of benzene rings is 1. The number of methoxy groups -OCH3 is 1. The minimum absolute atomic E-state index is 0.266. The lowest BCUT2D eigenvalue weighted by molar-refractivity contribution is -0.189. The molecule has 1 fully saturated rings. The molecule has 186 valence electrons. The van der Waals surface area contributed by atoms with E-state index in [-0.39, 0.29) is 28.6 Å². The summed E-state index contributed by atoms with van der Waals surface area (Å²) >= 11 is 6.07. The Balaban J connectivity index is 2.31. The van der Waals surface area contributed by atoms with Crippen LogP contribution in [0.5, 0.6) is 5.75 Å². The maximum atomic E-state index is 13.2. The van der Waals surface area contributed by atoms with Crippen LogP contribution >= 0.6 is 11.6 Å². The highest BCUT2D eigenvalue weighted by atomic mass is 35.5. The number of ether oxygens (including phenoxy) is 3. The lowest BCUT2D eigenvalue weighted by atomic mass is 10.2. The van der Waals surface area contributed by atoms with Crippen LogP contribution in [0.15, 0.2) is 23.1 Å². The summed E-state index contributed by atoms with van der Waals surface area (Å²) in [4.78, 5) is 25.4. The molecule has 0 N–H and O–H groups in total. The van der Waals surface area contributed by atoms with Gasteiger partial charge in [0.2, 0.25) is 0 Å². The summed E-state index contributed by atoms with van der Waals surface area (Å²) in [5, 5.41) is -1.58. The van der Waals surface area contributed by atoms with E-state index >= 15 is 0 Å². The standard InChI is InChI=1S/C20H25ClF3NO7S/c1-11(20(22,23)24)31-12-6-7-16(14(21)8-12)33(28,29)13-9-15(17(26)30-5)25(10-13)18(27)32-19(2,3)4/h6-8,11,13,15H,9-10H2,1-5H3/t11-,13+,15-/m0/s1. The maximum absolute atomic E-state index is 13.2. The molecular formula is C20H25ClF3NO7S. The third kappa shape index (κ3) is 6.44. The number of amides is 1. The monoisotopic (exact) mass is 515 g/mol. The highest BCUT2D eigenvalue weighted by Gasteiger charge is 2.47. The van der Waals surface area contributed by atoms with Crippen molar-refractivity contribution in [2.24, 2.45) is 0 Å². The normalized spacial score (nSPS) is 20.3. The molecule has 1 saturated heterocycles. The second kappa shape index (κ2) is 9.57.